The number of hydrogen-bond donors (Lipinski definition) is 3. The fraction of sp³-hybridized carbons (Fsp3) is 0.700. The van der Waals surface area contributed by atoms with E-state index in [1.54, 1.807) is 6.92 Å². The molecule has 3 amide bonds. The molecule has 0 aliphatic carbocycles. The van der Waals surface area contributed by atoms with Crippen LogP contribution in [-0.2, 0) is 9.59 Å². The SMILES string of the molecule is CCN(CC(N)=O)C(=O)N1CC(O)C[C@H]1C(=O)O. The number of aliphatic hydroxyl groups is 1. The van der Waals surface area contributed by atoms with Crippen molar-refractivity contribution in [1.82, 2.24) is 9.80 Å². The number of carbonyl (C=O) groups excluding carboxylic acids is 2. The first-order chi connectivity index (χ1) is 8.36. The van der Waals surface area contributed by atoms with Crippen LogP contribution in [0.4, 0.5) is 4.79 Å². The Balaban J connectivity index is 2.80. The van der Waals surface area contributed by atoms with E-state index in [2.05, 4.69) is 0 Å². The molecule has 1 heterocycles. The summed E-state index contributed by atoms with van der Waals surface area (Å²) in [5.74, 6) is -1.84. The Hall–Kier alpha value is -1.83. The highest BCUT2D eigenvalue weighted by Crippen LogP contribution is 2.19. The van der Waals surface area contributed by atoms with E-state index in [0.29, 0.717) is 0 Å². The van der Waals surface area contributed by atoms with Gasteiger partial charge in [-0.15, -0.1) is 0 Å². The summed E-state index contributed by atoms with van der Waals surface area (Å²) in [6, 6.07) is -1.66. The molecule has 8 heteroatoms. The van der Waals surface area contributed by atoms with Crippen molar-refractivity contribution in [3.63, 3.8) is 0 Å². The van der Waals surface area contributed by atoms with E-state index in [9.17, 15) is 19.5 Å². The Morgan fingerprint density at radius 3 is 2.50 bits per heavy atom. The topological polar surface area (TPSA) is 124 Å². The van der Waals surface area contributed by atoms with Crippen molar-refractivity contribution < 1.29 is 24.6 Å². The molecule has 102 valence electrons. The molecule has 1 aliphatic heterocycles. The van der Waals surface area contributed by atoms with Crippen LogP contribution in [0.3, 0.4) is 0 Å². The van der Waals surface area contributed by atoms with Gasteiger partial charge in [-0.05, 0) is 6.92 Å². The number of amides is 3. The number of rotatable bonds is 4. The van der Waals surface area contributed by atoms with Crippen molar-refractivity contribution >= 4 is 17.9 Å². The average Bonchev–Trinajstić information content (AvgIpc) is 2.67. The number of likely N-dealkylation sites (N-methyl/N-ethyl adjacent to an activating group) is 1. The summed E-state index contributed by atoms with van der Waals surface area (Å²) >= 11 is 0. The molecule has 0 spiro atoms. The lowest BCUT2D eigenvalue weighted by Crippen LogP contribution is -2.50. The zero-order valence-corrected chi connectivity index (χ0v) is 10.1. The van der Waals surface area contributed by atoms with E-state index in [-0.39, 0.29) is 26.1 Å². The third-order valence-corrected chi connectivity index (χ3v) is 2.81. The van der Waals surface area contributed by atoms with Gasteiger partial charge in [0, 0.05) is 19.5 Å². The second-order valence-electron chi connectivity index (χ2n) is 4.16. The normalized spacial score (nSPS) is 22.9. The van der Waals surface area contributed by atoms with E-state index >= 15 is 0 Å². The summed E-state index contributed by atoms with van der Waals surface area (Å²) < 4.78 is 0. The van der Waals surface area contributed by atoms with Gasteiger partial charge in [0.05, 0.1) is 6.10 Å². The standard InChI is InChI=1S/C10H17N3O5/c1-2-12(5-8(11)15)10(18)13-4-6(14)3-7(13)9(16)17/h6-7,14H,2-5H2,1H3,(H2,11,15)(H,16,17)/t6?,7-/m0/s1. The van der Waals surface area contributed by atoms with Crippen molar-refractivity contribution in [1.29, 1.82) is 0 Å². The zero-order chi connectivity index (χ0) is 13.9. The van der Waals surface area contributed by atoms with Gasteiger partial charge in [-0.3, -0.25) is 4.79 Å². The Morgan fingerprint density at radius 1 is 1.44 bits per heavy atom. The van der Waals surface area contributed by atoms with Crippen LogP contribution < -0.4 is 5.73 Å². The van der Waals surface area contributed by atoms with Crippen LogP contribution >= 0.6 is 0 Å². The second-order valence-corrected chi connectivity index (χ2v) is 4.16. The molecule has 1 saturated heterocycles. The minimum Gasteiger partial charge on any atom is -0.480 e. The van der Waals surface area contributed by atoms with Crippen molar-refractivity contribution in [2.75, 3.05) is 19.6 Å². The summed E-state index contributed by atoms with van der Waals surface area (Å²) in [5.41, 5.74) is 5.01. The number of aliphatic carboxylic acids is 1. The second kappa shape index (κ2) is 5.67. The molecule has 0 bridgehead atoms. The third-order valence-electron chi connectivity index (χ3n) is 2.81. The van der Waals surface area contributed by atoms with Crippen molar-refractivity contribution in [2.24, 2.45) is 5.73 Å². The maximum absolute atomic E-state index is 12.0. The van der Waals surface area contributed by atoms with E-state index in [1.165, 1.54) is 0 Å². The van der Waals surface area contributed by atoms with Gasteiger partial charge in [-0.1, -0.05) is 0 Å². The van der Waals surface area contributed by atoms with Gasteiger partial charge in [0.2, 0.25) is 5.91 Å². The number of nitrogens with two attached hydrogens (primary N) is 1. The van der Waals surface area contributed by atoms with E-state index in [0.717, 1.165) is 9.80 Å². The van der Waals surface area contributed by atoms with E-state index in [4.69, 9.17) is 10.8 Å². The predicted octanol–water partition coefficient (Wildman–Crippen LogP) is -1.57. The number of carboxylic acids is 1. The Bertz CT molecular complexity index is 359. The van der Waals surface area contributed by atoms with Gasteiger partial charge >= 0.3 is 12.0 Å². The molecule has 2 atom stereocenters. The number of carboxylic acid groups (broad SMARTS) is 1. The molecule has 0 aromatic rings. The Morgan fingerprint density at radius 2 is 2.06 bits per heavy atom. The predicted molar refractivity (Wildman–Crippen MR) is 60.6 cm³/mol. The van der Waals surface area contributed by atoms with Gasteiger partial charge < -0.3 is 25.7 Å². The molecule has 18 heavy (non-hydrogen) atoms. The first kappa shape index (κ1) is 14.2. The van der Waals surface area contributed by atoms with Crippen LogP contribution in [0.15, 0.2) is 0 Å². The molecule has 0 saturated carbocycles. The molecule has 4 N–H and O–H groups in total. The van der Waals surface area contributed by atoms with Crippen molar-refractivity contribution in [2.45, 2.75) is 25.5 Å². The van der Waals surface area contributed by atoms with Crippen molar-refractivity contribution in [3.05, 3.63) is 0 Å². The summed E-state index contributed by atoms with van der Waals surface area (Å²) in [5, 5.41) is 18.4. The van der Waals surface area contributed by atoms with Gasteiger partial charge in [-0.25, -0.2) is 9.59 Å². The smallest absolute Gasteiger partial charge is 0.326 e. The quantitative estimate of drug-likeness (QED) is 0.563. The van der Waals surface area contributed by atoms with E-state index in [1.807, 2.05) is 0 Å². The summed E-state index contributed by atoms with van der Waals surface area (Å²) in [4.78, 5) is 36.0. The van der Waals surface area contributed by atoms with Crippen LogP contribution in [0.1, 0.15) is 13.3 Å². The first-order valence-electron chi connectivity index (χ1n) is 5.61. The van der Waals surface area contributed by atoms with E-state index < -0.39 is 30.1 Å². The number of aliphatic hydroxyl groups excluding tert-OH is 1. The van der Waals surface area contributed by atoms with Crippen LogP contribution in [0.5, 0.6) is 0 Å². The highest BCUT2D eigenvalue weighted by Gasteiger charge is 2.40. The molecule has 0 aromatic carbocycles. The Labute approximate surface area is 104 Å². The lowest BCUT2D eigenvalue weighted by Gasteiger charge is -2.28. The molecule has 1 rings (SSSR count). The first-order valence-corrected chi connectivity index (χ1v) is 5.61. The van der Waals surface area contributed by atoms with Gasteiger partial charge in [-0.2, -0.15) is 0 Å². The molecule has 1 unspecified atom stereocenters. The minimum atomic E-state index is -1.17. The molecule has 1 fully saturated rings. The lowest BCUT2D eigenvalue weighted by molar-refractivity contribution is -0.141. The number of primary amides is 1. The van der Waals surface area contributed by atoms with Gasteiger partial charge in [0.15, 0.2) is 0 Å². The zero-order valence-electron chi connectivity index (χ0n) is 10.1. The number of β-amino-alcohol motifs (C(OH)–C–C–N with tert-alkyl or cyclic N) is 1. The van der Waals surface area contributed by atoms with Gasteiger partial charge in [0.1, 0.15) is 12.6 Å². The number of nitrogens with zero attached hydrogens (tertiary/aromatic N) is 2. The maximum atomic E-state index is 12.0. The van der Waals surface area contributed by atoms with Crippen LogP contribution in [0.2, 0.25) is 0 Å². The largest absolute Gasteiger partial charge is 0.480 e. The molecule has 0 aromatic heterocycles. The van der Waals surface area contributed by atoms with Crippen LogP contribution in [-0.4, -0.2) is 69.7 Å². The van der Waals surface area contributed by atoms with Crippen LogP contribution in [0, 0.1) is 0 Å². The molecule has 8 nitrogen and oxygen atoms in total. The molecule has 0 radical (unpaired) electrons. The average molecular weight is 259 g/mol. The molecular weight excluding hydrogens is 242 g/mol. The minimum absolute atomic E-state index is 0.00476. The summed E-state index contributed by atoms with van der Waals surface area (Å²) in [7, 11) is 0. The monoisotopic (exact) mass is 259 g/mol. The third kappa shape index (κ3) is 3.10. The fourth-order valence-corrected chi connectivity index (χ4v) is 1.94. The highest BCUT2D eigenvalue weighted by atomic mass is 16.4. The molecular formula is C10H17N3O5. The molecule has 1 aliphatic rings. The number of hydrogen-bond acceptors (Lipinski definition) is 4. The number of likely N-dealkylation sites (tertiary alicyclic amines) is 1. The number of urea groups is 1. The summed E-state index contributed by atoms with van der Waals surface area (Å²) in [6.45, 7) is 1.57. The van der Waals surface area contributed by atoms with Crippen molar-refractivity contribution in [3.8, 4) is 0 Å². The fourth-order valence-electron chi connectivity index (χ4n) is 1.94. The number of carbonyl (C=O) groups is 3. The maximum Gasteiger partial charge on any atom is 0.326 e. The Kier molecular flexibility index (Phi) is 4.49. The lowest BCUT2D eigenvalue weighted by atomic mass is 10.2. The summed E-state index contributed by atoms with van der Waals surface area (Å²) in [6.07, 6.45) is -0.864. The van der Waals surface area contributed by atoms with Crippen LogP contribution in [0.25, 0.3) is 0 Å². The highest BCUT2D eigenvalue weighted by molar-refractivity contribution is 5.86. The van der Waals surface area contributed by atoms with Gasteiger partial charge in [0.25, 0.3) is 0 Å².